The van der Waals surface area contributed by atoms with E-state index in [0.717, 1.165) is 19.7 Å². The van der Waals surface area contributed by atoms with Crippen LogP contribution in [0, 0.1) is 0 Å². The molecule has 1 aromatic carbocycles. The normalized spacial score (nSPS) is 21.1. The summed E-state index contributed by atoms with van der Waals surface area (Å²) in [6.45, 7) is 7.62. The second kappa shape index (κ2) is 5.45. The Morgan fingerprint density at radius 3 is 2.95 bits per heavy atom. The third-order valence-corrected chi connectivity index (χ3v) is 4.97. The van der Waals surface area contributed by atoms with Crippen LogP contribution in [0.5, 0.6) is 0 Å². The van der Waals surface area contributed by atoms with Crippen LogP contribution in [-0.4, -0.2) is 36.7 Å². The van der Waals surface area contributed by atoms with Crippen LogP contribution in [0.1, 0.15) is 25.5 Å². The van der Waals surface area contributed by atoms with Crippen molar-refractivity contribution in [2.45, 2.75) is 25.5 Å². The molecule has 1 aromatic heterocycles. The van der Waals surface area contributed by atoms with Crippen LogP contribution in [0.2, 0.25) is 0 Å². The number of benzene rings is 1. The molecular weight excluding hydrogens is 268 g/mol. The molecule has 0 spiro atoms. The van der Waals surface area contributed by atoms with E-state index >= 15 is 0 Å². The van der Waals surface area contributed by atoms with Gasteiger partial charge in [-0.1, -0.05) is 18.2 Å². The van der Waals surface area contributed by atoms with E-state index in [0.29, 0.717) is 6.54 Å². The topological polar surface area (TPSA) is 38.5 Å². The Hall–Kier alpha value is -0.940. The fourth-order valence-corrected chi connectivity index (χ4v) is 4.06. The summed E-state index contributed by atoms with van der Waals surface area (Å²) >= 11 is 1.81. The van der Waals surface area contributed by atoms with Gasteiger partial charge in [0.1, 0.15) is 0 Å². The van der Waals surface area contributed by atoms with Gasteiger partial charge >= 0.3 is 0 Å². The third-order valence-electron chi connectivity index (χ3n) is 3.99. The molecular formula is C16H22N2OS. The van der Waals surface area contributed by atoms with Gasteiger partial charge in [-0.25, -0.2) is 0 Å². The summed E-state index contributed by atoms with van der Waals surface area (Å²) in [5, 5.41) is 3.61. The van der Waals surface area contributed by atoms with Gasteiger partial charge in [0.05, 0.1) is 12.2 Å². The highest BCUT2D eigenvalue weighted by Crippen LogP contribution is 2.34. The molecule has 1 unspecified atom stereocenters. The summed E-state index contributed by atoms with van der Waals surface area (Å²) in [4.78, 5) is 2.47. The van der Waals surface area contributed by atoms with Crippen molar-refractivity contribution in [3.05, 3.63) is 35.2 Å². The fraction of sp³-hybridized carbons (Fsp3) is 0.500. The zero-order valence-corrected chi connectivity index (χ0v) is 13.0. The largest absolute Gasteiger partial charge is 0.373 e. The van der Waals surface area contributed by atoms with Gasteiger partial charge in [0.15, 0.2) is 0 Å². The van der Waals surface area contributed by atoms with Gasteiger partial charge in [0, 0.05) is 30.4 Å². The Bertz CT molecular complexity index is 593. The van der Waals surface area contributed by atoms with Crippen molar-refractivity contribution >= 4 is 21.4 Å². The Labute approximate surface area is 124 Å². The number of fused-ring (bicyclic) bond motifs is 1. The molecule has 1 aliphatic rings. The number of thiophene rings is 1. The summed E-state index contributed by atoms with van der Waals surface area (Å²) in [6.07, 6.45) is 0. The predicted octanol–water partition coefficient (Wildman–Crippen LogP) is 3.01. The fourth-order valence-electron chi connectivity index (χ4n) is 3.05. The first-order chi connectivity index (χ1) is 9.61. The van der Waals surface area contributed by atoms with Crippen molar-refractivity contribution < 1.29 is 4.74 Å². The lowest BCUT2D eigenvalue weighted by atomic mass is 10.0. The molecule has 20 heavy (non-hydrogen) atoms. The molecule has 0 aliphatic carbocycles. The highest BCUT2D eigenvalue weighted by molar-refractivity contribution is 7.17. The van der Waals surface area contributed by atoms with Crippen LogP contribution < -0.4 is 5.73 Å². The van der Waals surface area contributed by atoms with E-state index in [1.54, 1.807) is 0 Å². The van der Waals surface area contributed by atoms with E-state index in [1.807, 2.05) is 11.3 Å². The number of morpholine rings is 1. The molecule has 108 valence electrons. The number of hydrogen-bond donors (Lipinski definition) is 1. The average Bonchev–Trinajstić information content (AvgIpc) is 2.83. The first-order valence-corrected chi connectivity index (χ1v) is 8.03. The molecule has 2 aromatic rings. The number of ether oxygens (including phenoxy) is 1. The minimum Gasteiger partial charge on any atom is -0.373 e. The van der Waals surface area contributed by atoms with E-state index in [2.05, 4.69) is 48.4 Å². The van der Waals surface area contributed by atoms with Gasteiger partial charge in [0.2, 0.25) is 0 Å². The molecule has 0 radical (unpaired) electrons. The molecule has 0 saturated carbocycles. The zero-order chi connectivity index (χ0) is 14.2. The summed E-state index contributed by atoms with van der Waals surface area (Å²) in [5.41, 5.74) is 7.38. The second-order valence-corrected chi connectivity index (χ2v) is 6.93. The Balaban J connectivity index is 1.93. The van der Waals surface area contributed by atoms with Gasteiger partial charge in [0.25, 0.3) is 0 Å². The molecule has 1 aliphatic heterocycles. The summed E-state index contributed by atoms with van der Waals surface area (Å²) in [7, 11) is 0. The standard InChI is InChI=1S/C16H22N2OS/c1-16(2)11-18(7-8-19-16)14(9-17)13-10-20-15-6-4-3-5-12(13)15/h3-6,10,14H,7-9,11,17H2,1-2H3. The number of rotatable bonds is 3. The summed E-state index contributed by atoms with van der Waals surface area (Å²) in [5.74, 6) is 0. The summed E-state index contributed by atoms with van der Waals surface area (Å²) in [6, 6.07) is 8.87. The maximum absolute atomic E-state index is 6.10. The van der Waals surface area contributed by atoms with Gasteiger partial charge in [-0.2, -0.15) is 0 Å². The Morgan fingerprint density at radius 2 is 2.20 bits per heavy atom. The van der Waals surface area contributed by atoms with E-state index in [1.165, 1.54) is 15.6 Å². The predicted molar refractivity (Wildman–Crippen MR) is 85.2 cm³/mol. The van der Waals surface area contributed by atoms with Gasteiger partial charge in [-0.15, -0.1) is 11.3 Å². The van der Waals surface area contributed by atoms with Crippen molar-refractivity contribution in [3.8, 4) is 0 Å². The van der Waals surface area contributed by atoms with Crippen molar-refractivity contribution in [2.75, 3.05) is 26.2 Å². The van der Waals surface area contributed by atoms with Crippen LogP contribution in [0.25, 0.3) is 10.1 Å². The Kier molecular flexibility index (Phi) is 3.82. The average molecular weight is 290 g/mol. The van der Waals surface area contributed by atoms with E-state index in [9.17, 15) is 0 Å². The van der Waals surface area contributed by atoms with E-state index in [4.69, 9.17) is 10.5 Å². The minimum absolute atomic E-state index is 0.0858. The molecule has 1 atom stereocenters. The lowest BCUT2D eigenvalue weighted by molar-refractivity contribution is -0.0965. The SMILES string of the molecule is CC1(C)CN(C(CN)c2csc3ccccc23)CCO1. The maximum atomic E-state index is 6.10. The minimum atomic E-state index is -0.0858. The first-order valence-electron chi connectivity index (χ1n) is 7.15. The monoisotopic (exact) mass is 290 g/mol. The molecule has 3 rings (SSSR count). The number of nitrogens with zero attached hydrogens (tertiary/aromatic N) is 1. The van der Waals surface area contributed by atoms with Gasteiger partial charge < -0.3 is 10.5 Å². The molecule has 2 heterocycles. The van der Waals surface area contributed by atoms with Crippen LogP contribution in [0.3, 0.4) is 0 Å². The molecule has 1 fully saturated rings. The molecule has 4 heteroatoms. The number of hydrogen-bond acceptors (Lipinski definition) is 4. The highest BCUT2D eigenvalue weighted by Gasteiger charge is 2.32. The van der Waals surface area contributed by atoms with Crippen LogP contribution >= 0.6 is 11.3 Å². The van der Waals surface area contributed by atoms with Crippen LogP contribution in [0.4, 0.5) is 0 Å². The Morgan fingerprint density at radius 1 is 1.40 bits per heavy atom. The van der Waals surface area contributed by atoms with Crippen molar-refractivity contribution in [3.63, 3.8) is 0 Å². The van der Waals surface area contributed by atoms with Crippen molar-refractivity contribution in [1.82, 2.24) is 4.90 Å². The quantitative estimate of drug-likeness (QED) is 0.944. The molecule has 3 nitrogen and oxygen atoms in total. The lowest BCUT2D eigenvalue weighted by Gasteiger charge is -2.42. The van der Waals surface area contributed by atoms with E-state index < -0.39 is 0 Å². The molecule has 2 N–H and O–H groups in total. The highest BCUT2D eigenvalue weighted by atomic mass is 32.1. The first kappa shape index (κ1) is 14.0. The lowest BCUT2D eigenvalue weighted by Crippen LogP contribution is -2.50. The van der Waals surface area contributed by atoms with Crippen LogP contribution in [-0.2, 0) is 4.74 Å². The smallest absolute Gasteiger partial charge is 0.0753 e. The molecule has 0 bridgehead atoms. The molecule has 1 saturated heterocycles. The summed E-state index contributed by atoms with van der Waals surface area (Å²) < 4.78 is 7.16. The third kappa shape index (κ3) is 2.61. The van der Waals surface area contributed by atoms with E-state index in [-0.39, 0.29) is 11.6 Å². The molecule has 0 amide bonds. The second-order valence-electron chi connectivity index (χ2n) is 6.02. The maximum Gasteiger partial charge on any atom is 0.0753 e. The van der Waals surface area contributed by atoms with Gasteiger partial charge in [-0.3, -0.25) is 4.90 Å². The van der Waals surface area contributed by atoms with Crippen LogP contribution in [0.15, 0.2) is 29.6 Å². The van der Waals surface area contributed by atoms with Gasteiger partial charge in [-0.05, 0) is 36.2 Å². The number of nitrogens with two attached hydrogens (primary N) is 1. The van der Waals surface area contributed by atoms with Crippen molar-refractivity contribution in [2.24, 2.45) is 5.73 Å². The van der Waals surface area contributed by atoms with Crippen molar-refractivity contribution in [1.29, 1.82) is 0 Å². The zero-order valence-electron chi connectivity index (χ0n) is 12.1.